The molecule has 6 nitrogen and oxygen atoms in total. The van der Waals surface area contributed by atoms with Gasteiger partial charge in [-0.2, -0.15) is 0 Å². The highest BCUT2D eigenvalue weighted by molar-refractivity contribution is 7.11. The van der Waals surface area contributed by atoms with Crippen LogP contribution in [0.1, 0.15) is 15.6 Å². The largest absolute Gasteiger partial charge is 0.486 e. The van der Waals surface area contributed by atoms with Crippen molar-refractivity contribution < 1.29 is 9.47 Å². The van der Waals surface area contributed by atoms with Gasteiger partial charge in [0.2, 0.25) is 0 Å². The molecule has 128 valence electrons. The van der Waals surface area contributed by atoms with Crippen LogP contribution >= 0.6 is 11.3 Å². The van der Waals surface area contributed by atoms with Crippen molar-refractivity contribution in [2.75, 3.05) is 20.2 Å². The number of rotatable bonds is 4. The number of aromatic nitrogens is 1. The van der Waals surface area contributed by atoms with E-state index in [1.165, 1.54) is 4.88 Å². The number of benzene rings is 1. The lowest BCUT2D eigenvalue weighted by atomic mass is 10.2. The zero-order valence-electron chi connectivity index (χ0n) is 14.1. The van der Waals surface area contributed by atoms with E-state index in [0.717, 1.165) is 28.2 Å². The number of nitrogens with zero attached hydrogens (tertiary/aromatic N) is 2. The fourth-order valence-corrected chi connectivity index (χ4v) is 3.24. The highest BCUT2D eigenvalue weighted by Gasteiger charge is 2.20. The van der Waals surface area contributed by atoms with Crippen LogP contribution in [0, 0.1) is 13.8 Å². The first-order valence-electron chi connectivity index (χ1n) is 7.91. The van der Waals surface area contributed by atoms with Crippen LogP contribution < -0.4 is 20.1 Å². The van der Waals surface area contributed by atoms with E-state index in [4.69, 9.17) is 9.47 Å². The van der Waals surface area contributed by atoms with E-state index in [2.05, 4.69) is 27.5 Å². The molecule has 3 rings (SSSR count). The maximum absolute atomic E-state index is 5.93. The van der Waals surface area contributed by atoms with Gasteiger partial charge in [-0.15, -0.1) is 11.3 Å². The smallest absolute Gasteiger partial charge is 0.191 e. The van der Waals surface area contributed by atoms with Gasteiger partial charge in [0.15, 0.2) is 17.5 Å². The third-order valence-electron chi connectivity index (χ3n) is 3.77. The topological polar surface area (TPSA) is 67.8 Å². The average molecular weight is 346 g/mol. The third kappa shape index (κ3) is 3.97. The number of fused-ring (bicyclic) bond motifs is 1. The number of hydrogen-bond donors (Lipinski definition) is 2. The van der Waals surface area contributed by atoms with Crippen LogP contribution in [0.5, 0.6) is 11.5 Å². The van der Waals surface area contributed by atoms with E-state index in [1.807, 2.05) is 31.2 Å². The van der Waals surface area contributed by atoms with Gasteiger partial charge in [0.05, 0.1) is 18.8 Å². The summed E-state index contributed by atoms with van der Waals surface area (Å²) in [5.41, 5.74) is 1.09. The molecule has 24 heavy (non-hydrogen) atoms. The number of ether oxygens (including phenoxy) is 2. The number of thiazole rings is 1. The summed E-state index contributed by atoms with van der Waals surface area (Å²) in [6.07, 6.45) is -0.0530. The van der Waals surface area contributed by atoms with Gasteiger partial charge >= 0.3 is 0 Å². The number of nitrogens with one attached hydrogen (secondary N) is 2. The van der Waals surface area contributed by atoms with Crippen LogP contribution in [0.4, 0.5) is 0 Å². The number of aryl methyl sites for hydroxylation is 2. The summed E-state index contributed by atoms with van der Waals surface area (Å²) in [4.78, 5) is 10.0. The Morgan fingerprint density at radius 2 is 2.08 bits per heavy atom. The van der Waals surface area contributed by atoms with Crippen molar-refractivity contribution in [2.24, 2.45) is 4.99 Å². The summed E-state index contributed by atoms with van der Waals surface area (Å²) in [5.74, 6) is 2.31. The molecule has 0 unspecified atom stereocenters. The average Bonchev–Trinajstić information content (AvgIpc) is 2.93. The fourth-order valence-electron chi connectivity index (χ4n) is 2.37. The molecule has 0 aliphatic carbocycles. The third-order valence-corrected chi connectivity index (χ3v) is 4.84. The SMILES string of the molecule is CN=C(NCc1nc(C)c(C)s1)NC[C@@H]1COc2ccccc2O1. The molecule has 1 aromatic heterocycles. The molecule has 0 saturated carbocycles. The maximum atomic E-state index is 5.93. The van der Waals surface area contributed by atoms with E-state index in [0.29, 0.717) is 19.7 Å². The molecule has 0 saturated heterocycles. The minimum atomic E-state index is -0.0530. The number of hydrogen-bond acceptors (Lipinski definition) is 5. The standard InChI is InChI=1S/C17H22N4O2S/c1-11-12(2)24-16(21-11)9-20-17(18-3)19-8-13-10-22-14-6-4-5-7-15(14)23-13/h4-7,13H,8-10H2,1-3H3,(H2,18,19,20)/t13-/m1/s1. The molecule has 1 aromatic carbocycles. The maximum Gasteiger partial charge on any atom is 0.191 e. The van der Waals surface area contributed by atoms with E-state index in [1.54, 1.807) is 18.4 Å². The summed E-state index contributed by atoms with van der Waals surface area (Å²) in [5, 5.41) is 7.60. The monoisotopic (exact) mass is 346 g/mol. The van der Waals surface area contributed by atoms with Gasteiger partial charge in [-0.25, -0.2) is 4.98 Å². The van der Waals surface area contributed by atoms with E-state index < -0.39 is 0 Å². The molecular weight excluding hydrogens is 324 g/mol. The van der Waals surface area contributed by atoms with E-state index in [-0.39, 0.29) is 6.10 Å². The van der Waals surface area contributed by atoms with Gasteiger partial charge in [0.25, 0.3) is 0 Å². The second kappa shape index (κ2) is 7.53. The molecule has 0 fully saturated rings. The second-order valence-electron chi connectivity index (χ2n) is 5.55. The molecule has 0 bridgehead atoms. The van der Waals surface area contributed by atoms with Crippen LogP contribution in [-0.2, 0) is 6.54 Å². The molecule has 2 N–H and O–H groups in total. The van der Waals surface area contributed by atoms with Crippen molar-refractivity contribution in [1.82, 2.24) is 15.6 Å². The Hall–Kier alpha value is -2.28. The van der Waals surface area contributed by atoms with Crippen molar-refractivity contribution in [3.8, 4) is 11.5 Å². The van der Waals surface area contributed by atoms with Gasteiger partial charge in [-0.1, -0.05) is 12.1 Å². The van der Waals surface area contributed by atoms with Gasteiger partial charge in [0.1, 0.15) is 17.7 Å². The molecule has 7 heteroatoms. The molecule has 0 amide bonds. The summed E-state index contributed by atoms with van der Waals surface area (Å²) in [6.45, 7) is 5.90. The molecule has 0 spiro atoms. The second-order valence-corrected chi connectivity index (χ2v) is 6.84. The molecular formula is C17H22N4O2S. The normalized spacial score (nSPS) is 16.8. The Balaban J connectivity index is 1.48. The summed E-state index contributed by atoms with van der Waals surface area (Å²) in [7, 11) is 1.75. The van der Waals surface area contributed by atoms with Crippen LogP contribution in [0.25, 0.3) is 0 Å². The van der Waals surface area contributed by atoms with Crippen LogP contribution in [0.2, 0.25) is 0 Å². The lowest BCUT2D eigenvalue weighted by molar-refractivity contribution is 0.0936. The van der Waals surface area contributed by atoms with Crippen molar-refractivity contribution in [3.63, 3.8) is 0 Å². The van der Waals surface area contributed by atoms with Gasteiger partial charge in [0, 0.05) is 11.9 Å². The van der Waals surface area contributed by atoms with Crippen molar-refractivity contribution in [1.29, 1.82) is 0 Å². The van der Waals surface area contributed by atoms with Crippen molar-refractivity contribution in [2.45, 2.75) is 26.5 Å². The van der Waals surface area contributed by atoms with Crippen LogP contribution in [0.15, 0.2) is 29.3 Å². The number of para-hydroxylation sites is 2. The van der Waals surface area contributed by atoms with Gasteiger partial charge in [-0.05, 0) is 26.0 Å². The summed E-state index contributed by atoms with van der Waals surface area (Å²) < 4.78 is 11.6. The highest BCUT2D eigenvalue weighted by Crippen LogP contribution is 2.30. The molecule has 1 aliphatic heterocycles. The van der Waals surface area contributed by atoms with Crippen molar-refractivity contribution in [3.05, 3.63) is 39.8 Å². The first kappa shape index (κ1) is 16.6. The van der Waals surface area contributed by atoms with E-state index >= 15 is 0 Å². The van der Waals surface area contributed by atoms with Crippen molar-refractivity contribution >= 4 is 17.3 Å². The predicted octanol–water partition coefficient (Wildman–Crippen LogP) is 2.26. The lowest BCUT2D eigenvalue weighted by Gasteiger charge is -2.27. The Labute approximate surface area is 145 Å². The highest BCUT2D eigenvalue weighted by atomic mass is 32.1. The Morgan fingerprint density at radius 3 is 2.79 bits per heavy atom. The van der Waals surface area contributed by atoms with E-state index in [9.17, 15) is 0 Å². The molecule has 2 heterocycles. The first-order valence-corrected chi connectivity index (χ1v) is 8.73. The van der Waals surface area contributed by atoms with Crippen LogP contribution in [-0.4, -0.2) is 37.2 Å². The predicted molar refractivity (Wildman–Crippen MR) is 96.1 cm³/mol. The Bertz CT molecular complexity index is 710. The quantitative estimate of drug-likeness (QED) is 0.657. The lowest BCUT2D eigenvalue weighted by Crippen LogP contribution is -2.45. The molecule has 1 aliphatic rings. The Kier molecular flexibility index (Phi) is 5.20. The fraction of sp³-hybridized carbons (Fsp3) is 0.412. The first-order chi connectivity index (χ1) is 11.7. The summed E-state index contributed by atoms with van der Waals surface area (Å²) in [6, 6.07) is 7.71. The van der Waals surface area contributed by atoms with Crippen LogP contribution in [0.3, 0.4) is 0 Å². The number of aliphatic imine (C=N–C) groups is 1. The zero-order chi connectivity index (χ0) is 16.9. The molecule has 0 radical (unpaired) electrons. The van der Waals surface area contributed by atoms with Gasteiger partial charge < -0.3 is 20.1 Å². The minimum absolute atomic E-state index is 0.0530. The molecule has 2 aromatic rings. The minimum Gasteiger partial charge on any atom is -0.486 e. The Morgan fingerprint density at radius 1 is 1.29 bits per heavy atom. The molecule has 1 atom stereocenters. The zero-order valence-corrected chi connectivity index (χ0v) is 14.9. The van der Waals surface area contributed by atoms with Gasteiger partial charge in [-0.3, -0.25) is 4.99 Å². The summed E-state index contributed by atoms with van der Waals surface area (Å²) >= 11 is 1.70. The number of guanidine groups is 1.